The second-order valence-corrected chi connectivity index (χ2v) is 10.5. The fraction of sp³-hybridized carbons (Fsp3) is 0.429. The first-order valence-corrected chi connectivity index (χ1v) is 12.6. The number of nitrogens with zero attached hydrogens (tertiary/aromatic N) is 6. The number of pyridine rings is 2. The third-order valence-electron chi connectivity index (χ3n) is 8.29. The van der Waals surface area contributed by atoms with Crippen LogP contribution in [0.4, 0.5) is 10.1 Å². The summed E-state index contributed by atoms with van der Waals surface area (Å²) in [6.45, 7) is 11.0. The lowest BCUT2D eigenvalue weighted by atomic mass is 9.87. The number of rotatable bonds is 3. The highest BCUT2D eigenvalue weighted by molar-refractivity contribution is 5.98. The average Bonchev–Trinajstić information content (AvgIpc) is 3.28. The maximum Gasteiger partial charge on any atom is 0.128 e. The minimum Gasteiger partial charge on any atom is -0.370 e. The van der Waals surface area contributed by atoms with E-state index in [4.69, 9.17) is 0 Å². The van der Waals surface area contributed by atoms with Crippen molar-refractivity contribution < 1.29 is 4.39 Å². The van der Waals surface area contributed by atoms with E-state index in [9.17, 15) is 4.39 Å². The maximum absolute atomic E-state index is 14.1. The Hall–Kier alpha value is -3.03. The van der Waals surface area contributed by atoms with E-state index in [2.05, 4.69) is 57.1 Å². The predicted molar refractivity (Wildman–Crippen MR) is 140 cm³/mol. The van der Waals surface area contributed by atoms with Gasteiger partial charge in [0, 0.05) is 68.0 Å². The maximum atomic E-state index is 14.1. The van der Waals surface area contributed by atoms with Crippen LogP contribution >= 0.6 is 0 Å². The van der Waals surface area contributed by atoms with E-state index in [-0.39, 0.29) is 5.82 Å². The molecule has 4 aromatic rings. The van der Waals surface area contributed by atoms with Crippen LogP contribution in [-0.4, -0.2) is 76.3 Å². The normalized spacial score (nSPS) is 19.6. The standard InChI is InChI=1S/C28H33FN6/c1-20-16-23-22(6-9-30-26(23)17-25(20)29)24-18-31-35-19-21(4-5-27(24)35)33-10-7-28(2,8-11-33)34-14-12-32(3)13-15-34/h4-6,9,16-19H,7-8,10-15H2,1-3H3. The molecule has 0 radical (unpaired) electrons. The van der Waals surface area contributed by atoms with Gasteiger partial charge in [-0.25, -0.2) is 8.91 Å². The molecule has 2 saturated heterocycles. The molecule has 1 aromatic carbocycles. The fourth-order valence-electron chi connectivity index (χ4n) is 5.79. The Labute approximate surface area is 206 Å². The van der Waals surface area contributed by atoms with Gasteiger partial charge in [0.1, 0.15) is 5.82 Å². The monoisotopic (exact) mass is 472 g/mol. The number of piperazine rings is 1. The van der Waals surface area contributed by atoms with Gasteiger partial charge in [0.15, 0.2) is 0 Å². The van der Waals surface area contributed by atoms with Gasteiger partial charge in [-0.3, -0.25) is 9.88 Å². The predicted octanol–water partition coefficient (Wildman–Crippen LogP) is 4.60. The Bertz CT molecular complexity index is 1380. The number of halogens is 1. The summed E-state index contributed by atoms with van der Waals surface area (Å²) in [4.78, 5) is 12.0. The van der Waals surface area contributed by atoms with E-state index in [1.807, 2.05) is 22.8 Å². The highest BCUT2D eigenvalue weighted by Gasteiger charge is 2.36. The number of likely N-dealkylation sites (N-methyl/N-ethyl adjacent to an activating group) is 1. The summed E-state index contributed by atoms with van der Waals surface area (Å²) in [5.74, 6) is -0.225. The molecule has 0 saturated carbocycles. The van der Waals surface area contributed by atoms with Gasteiger partial charge < -0.3 is 9.80 Å². The molecular formula is C28H33FN6. The van der Waals surface area contributed by atoms with Crippen LogP contribution in [0.2, 0.25) is 0 Å². The Kier molecular flexibility index (Phi) is 5.49. The molecule has 182 valence electrons. The number of anilines is 1. The number of aryl methyl sites for hydroxylation is 1. The van der Waals surface area contributed by atoms with Crippen molar-refractivity contribution in [2.45, 2.75) is 32.2 Å². The Morgan fingerprint density at radius 3 is 2.49 bits per heavy atom. The molecule has 2 fully saturated rings. The molecule has 0 N–H and O–H groups in total. The molecule has 2 aliphatic heterocycles. The molecule has 6 nitrogen and oxygen atoms in total. The first-order chi connectivity index (χ1) is 16.9. The summed E-state index contributed by atoms with van der Waals surface area (Å²) in [5, 5.41) is 5.64. The van der Waals surface area contributed by atoms with E-state index in [1.54, 1.807) is 13.1 Å². The second kappa shape index (κ2) is 8.57. The minimum absolute atomic E-state index is 0.225. The van der Waals surface area contributed by atoms with Crippen molar-refractivity contribution >= 4 is 22.1 Å². The van der Waals surface area contributed by atoms with Crippen molar-refractivity contribution in [3.8, 4) is 11.1 Å². The number of benzene rings is 1. The van der Waals surface area contributed by atoms with Crippen LogP contribution in [0.1, 0.15) is 25.3 Å². The van der Waals surface area contributed by atoms with Gasteiger partial charge in [-0.05, 0) is 69.1 Å². The Morgan fingerprint density at radius 2 is 1.71 bits per heavy atom. The topological polar surface area (TPSA) is 39.9 Å². The molecule has 5 heterocycles. The van der Waals surface area contributed by atoms with Crippen LogP contribution in [0.15, 0.2) is 48.9 Å². The molecule has 6 rings (SSSR count). The van der Waals surface area contributed by atoms with E-state index in [0.717, 1.165) is 35.1 Å². The first-order valence-electron chi connectivity index (χ1n) is 12.6. The highest BCUT2D eigenvalue weighted by atomic mass is 19.1. The summed E-state index contributed by atoms with van der Waals surface area (Å²) < 4.78 is 16.1. The zero-order valence-electron chi connectivity index (χ0n) is 20.8. The quantitative estimate of drug-likeness (QED) is 0.436. The number of fused-ring (bicyclic) bond motifs is 2. The Morgan fingerprint density at radius 1 is 0.943 bits per heavy atom. The van der Waals surface area contributed by atoms with Crippen LogP contribution in [0.5, 0.6) is 0 Å². The van der Waals surface area contributed by atoms with Gasteiger partial charge in [-0.2, -0.15) is 5.10 Å². The van der Waals surface area contributed by atoms with E-state index >= 15 is 0 Å². The number of hydrogen-bond acceptors (Lipinski definition) is 5. The summed E-state index contributed by atoms with van der Waals surface area (Å²) in [7, 11) is 2.22. The summed E-state index contributed by atoms with van der Waals surface area (Å²) in [5.41, 5.74) is 5.91. The van der Waals surface area contributed by atoms with Crippen molar-refractivity contribution in [2.24, 2.45) is 0 Å². The smallest absolute Gasteiger partial charge is 0.128 e. The van der Waals surface area contributed by atoms with Crippen molar-refractivity contribution in [3.05, 3.63) is 60.3 Å². The van der Waals surface area contributed by atoms with Gasteiger partial charge >= 0.3 is 0 Å². The van der Waals surface area contributed by atoms with E-state index in [0.29, 0.717) is 16.6 Å². The third kappa shape index (κ3) is 3.96. The van der Waals surface area contributed by atoms with E-state index in [1.165, 1.54) is 50.8 Å². The molecule has 3 aromatic heterocycles. The zero-order valence-corrected chi connectivity index (χ0v) is 20.8. The summed E-state index contributed by atoms with van der Waals surface area (Å²) in [6, 6.07) is 9.77. The van der Waals surface area contributed by atoms with Gasteiger partial charge in [0.05, 0.1) is 29.1 Å². The molecule has 0 unspecified atom stereocenters. The SMILES string of the molecule is Cc1cc2c(-c3cnn4cc(N5CCC(C)(N6CCN(C)CC6)CC5)ccc34)ccnc2cc1F. The molecule has 0 bridgehead atoms. The van der Waals surface area contributed by atoms with Crippen LogP contribution in [-0.2, 0) is 0 Å². The second-order valence-electron chi connectivity index (χ2n) is 10.5. The van der Waals surface area contributed by atoms with Crippen molar-refractivity contribution in [2.75, 3.05) is 51.2 Å². The summed E-state index contributed by atoms with van der Waals surface area (Å²) in [6.07, 6.45) is 8.16. The summed E-state index contributed by atoms with van der Waals surface area (Å²) >= 11 is 0. The van der Waals surface area contributed by atoms with Crippen LogP contribution in [0.25, 0.3) is 27.5 Å². The molecule has 35 heavy (non-hydrogen) atoms. The van der Waals surface area contributed by atoms with E-state index < -0.39 is 0 Å². The molecule has 0 aliphatic carbocycles. The van der Waals surface area contributed by atoms with Crippen molar-refractivity contribution in [1.29, 1.82) is 0 Å². The minimum atomic E-state index is -0.225. The van der Waals surface area contributed by atoms with Gasteiger partial charge in [-0.15, -0.1) is 0 Å². The van der Waals surface area contributed by atoms with Crippen LogP contribution in [0.3, 0.4) is 0 Å². The van der Waals surface area contributed by atoms with Crippen molar-refractivity contribution in [1.82, 2.24) is 24.4 Å². The van der Waals surface area contributed by atoms with Crippen LogP contribution < -0.4 is 4.90 Å². The average molecular weight is 473 g/mol. The van der Waals surface area contributed by atoms with Crippen LogP contribution in [0, 0.1) is 12.7 Å². The first kappa shape index (κ1) is 22.4. The largest absolute Gasteiger partial charge is 0.370 e. The number of piperidine rings is 1. The number of hydrogen-bond donors (Lipinski definition) is 0. The molecular weight excluding hydrogens is 439 g/mol. The molecule has 2 aliphatic rings. The fourth-order valence-corrected chi connectivity index (χ4v) is 5.79. The zero-order chi connectivity index (χ0) is 24.2. The van der Waals surface area contributed by atoms with Gasteiger partial charge in [0.25, 0.3) is 0 Å². The molecule has 7 heteroatoms. The lowest BCUT2D eigenvalue weighted by Crippen LogP contribution is -2.58. The van der Waals surface area contributed by atoms with Crippen molar-refractivity contribution in [3.63, 3.8) is 0 Å². The molecule has 0 spiro atoms. The lowest BCUT2D eigenvalue weighted by Gasteiger charge is -2.49. The molecule has 0 atom stereocenters. The third-order valence-corrected chi connectivity index (χ3v) is 8.29. The lowest BCUT2D eigenvalue weighted by molar-refractivity contribution is 0.0346. The highest BCUT2D eigenvalue weighted by Crippen LogP contribution is 2.35. The Balaban J connectivity index is 1.25. The molecule has 0 amide bonds. The van der Waals surface area contributed by atoms with Gasteiger partial charge in [0.2, 0.25) is 0 Å². The number of aromatic nitrogens is 3. The van der Waals surface area contributed by atoms with Gasteiger partial charge in [-0.1, -0.05) is 0 Å².